The summed E-state index contributed by atoms with van der Waals surface area (Å²) in [6, 6.07) is 0. The van der Waals surface area contributed by atoms with Gasteiger partial charge in [-0.25, -0.2) is 0 Å². The van der Waals surface area contributed by atoms with E-state index in [9.17, 15) is 5.11 Å². The molecule has 0 aromatic heterocycles. The number of aliphatic imine (C=N–C) groups is 1. The number of rotatable bonds is 5. The summed E-state index contributed by atoms with van der Waals surface area (Å²) in [6.07, 6.45) is 9.38. The third-order valence-electron chi connectivity index (χ3n) is 5.89. The molecule has 0 aromatic carbocycles. The zero-order valence-electron chi connectivity index (χ0n) is 15.7. The van der Waals surface area contributed by atoms with Crippen molar-refractivity contribution >= 4 is 5.96 Å². The molecule has 2 heterocycles. The van der Waals surface area contributed by atoms with E-state index in [1.807, 2.05) is 7.05 Å². The molecule has 3 aliphatic rings. The molecule has 0 radical (unpaired) electrons. The zero-order chi connectivity index (χ0) is 17.5. The maximum atomic E-state index is 9.97. The van der Waals surface area contributed by atoms with Crippen molar-refractivity contribution in [1.82, 2.24) is 10.2 Å². The van der Waals surface area contributed by atoms with Gasteiger partial charge in [0, 0.05) is 39.2 Å². The molecule has 144 valence electrons. The quantitative estimate of drug-likeness (QED) is 0.582. The lowest BCUT2D eigenvalue weighted by molar-refractivity contribution is -0.0721. The Labute approximate surface area is 152 Å². The molecule has 25 heavy (non-hydrogen) atoms. The van der Waals surface area contributed by atoms with Crippen molar-refractivity contribution < 1.29 is 14.6 Å². The molecule has 1 saturated carbocycles. The standard InChI is InChI=1S/C19H35N3O3/c1-20-19(21-13-15-5-4-7-18(15)23)22-10-8-16(9-11-22)25-14-17-6-2-3-12-24-17/h15-18,23H,2-14H2,1H3,(H,20,21). The fraction of sp³-hybridized carbons (Fsp3) is 0.947. The van der Waals surface area contributed by atoms with E-state index in [0.717, 1.165) is 77.3 Å². The van der Waals surface area contributed by atoms with Gasteiger partial charge in [0.2, 0.25) is 0 Å². The lowest BCUT2D eigenvalue weighted by atomic mass is 10.1. The van der Waals surface area contributed by atoms with E-state index in [4.69, 9.17) is 9.47 Å². The molecule has 2 N–H and O–H groups in total. The number of ether oxygens (including phenoxy) is 2. The van der Waals surface area contributed by atoms with E-state index in [-0.39, 0.29) is 6.10 Å². The van der Waals surface area contributed by atoms with Crippen LogP contribution in [0.4, 0.5) is 0 Å². The molecule has 0 spiro atoms. The smallest absolute Gasteiger partial charge is 0.193 e. The molecule has 3 atom stereocenters. The van der Waals surface area contributed by atoms with Gasteiger partial charge < -0.3 is 24.8 Å². The second-order valence-electron chi connectivity index (χ2n) is 7.69. The summed E-state index contributed by atoms with van der Waals surface area (Å²) < 4.78 is 11.8. The Morgan fingerprint density at radius 1 is 1.16 bits per heavy atom. The first-order valence-electron chi connectivity index (χ1n) is 10.1. The van der Waals surface area contributed by atoms with Crippen molar-refractivity contribution in [2.45, 2.75) is 69.7 Å². The molecule has 3 rings (SSSR count). The topological polar surface area (TPSA) is 66.3 Å². The summed E-state index contributed by atoms with van der Waals surface area (Å²) >= 11 is 0. The lowest BCUT2D eigenvalue weighted by Crippen LogP contribution is -2.48. The Balaban J connectivity index is 1.35. The first kappa shape index (κ1) is 18.9. The van der Waals surface area contributed by atoms with Crippen LogP contribution in [-0.4, -0.2) is 74.2 Å². The van der Waals surface area contributed by atoms with Gasteiger partial charge in [-0.15, -0.1) is 0 Å². The summed E-state index contributed by atoms with van der Waals surface area (Å²) in [7, 11) is 1.84. The third kappa shape index (κ3) is 5.56. The van der Waals surface area contributed by atoms with Crippen LogP contribution in [0.5, 0.6) is 0 Å². The Bertz CT molecular complexity index is 418. The van der Waals surface area contributed by atoms with E-state index in [1.165, 1.54) is 12.8 Å². The highest BCUT2D eigenvalue weighted by molar-refractivity contribution is 5.80. The fourth-order valence-electron chi connectivity index (χ4n) is 4.23. The lowest BCUT2D eigenvalue weighted by Gasteiger charge is -2.35. The number of guanidine groups is 1. The van der Waals surface area contributed by atoms with Crippen LogP contribution < -0.4 is 5.32 Å². The number of nitrogens with zero attached hydrogens (tertiary/aromatic N) is 2. The highest BCUT2D eigenvalue weighted by atomic mass is 16.5. The van der Waals surface area contributed by atoms with Crippen LogP contribution in [0, 0.1) is 5.92 Å². The molecule has 3 fully saturated rings. The first-order valence-corrected chi connectivity index (χ1v) is 10.1. The van der Waals surface area contributed by atoms with Gasteiger partial charge in [-0.05, 0) is 44.9 Å². The number of aliphatic hydroxyl groups excluding tert-OH is 1. The van der Waals surface area contributed by atoms with Crippen LogP contribution >= 0.6 is 0 Å². The Morgan fingerprint density at radius 3 is 2.64 bits per heavy atom. The third-order valence-corrected chi connectivity index (χ3v) is 5.89. The fourth-order valence-corrected chi connectivity index (χ4v) is 4.23. The van der Waals surface area contributed by atoms with E-state index in [0.29, 0.717) is 18.1 Å². The molecular weight excluding hydrogens is 318 g/mol. The predicted octanol–water partition coefficient (Wildman–Crippen LogP) is 1.77. The van der Waals surface area contributed by atoms with Gasteiger partial charge in [-0.1, -0.05) is 6.42 Å². The van der Waals surface area contributed by atoms with Crippen molar-refractivity contribution in [2.24, 2.45) is 10.9 Å². The van der Waals surface area contributed by atoms with E-state index in [1.54, 1.807) is 0 Å². The highest BCUT2D eigenvalue weighted by Gasteiger charge is 2.27. The van der Waals surface area contributed by atoms with Gasteiger partial charge in [-0.3, -0.25) is 4.99 Å². The molecule has 1 aliphatic carbocycles. The molecule has 2 aliphatic heterocycles. The molecule has 6 nitrogen and oxygen atoms in total. The Kier molecular flexibility index (Phi) is 7.37. The normalized spacial score (nSPS) is 32.2. The minimum Gasteiger partial charge on any atom is -0.393 e. The minimum absolute atomic E-state index is 0.147. The van der Waals surface area contributed by atoms with E-state index in [2.05, 4.69) is 15.2 Å². The number of nitrogens with one attached hydrogen (secondary N) is 1. The number of aliphatic hydroxyl groups is 1. The second kappa shape index (κ2) is 9.74. The van der Waals surface area contributed by atoms with Crippen LogP contribution in [-0.2, 0) is 9.47 Å². The SMILES string of the molecule is CN=C(NCC1CCCC1O)N1CCC(OCC2CCCCO2)CC1. The van der Waals surface area contributed by atoms with Gasteiger partial charge in [-0.2, -0.15) is 0 Å². The average molecular weight is 354 g/mol. The summed E-state index contributed by atoms with van der Waals surface area (Å²) in [5.41, 5.74) is 0. The monoisotopic (exact) mass is 353 g/mol. The number of hydrogen-bond donors (Lipinski definition) is 2. The van der Waals surface area contributed by atoms with Crippen LogP contribution in [0.25, 0.3) is 0 Å². The maximum absolute atomic E-state index is 9.97. The number of likely N-dealkylation sites (tertiary alicyclic amines) is 1. The molecular formula is C19H35N3O3. The van der Waals surface area contributed by atoms with E-state index >= 15 is 0 Å². The van der Waals surface area contributed by atoms with E-state index < -0.39 is 0 Å². The Morgan fingerprint density at radius 2 is 2.00 bits per heavy atom. The van der Waals surface area contributed by atoms with Crippen molar-refractivity contribution in [3.63, 3.8) is 0 Å². The Hall–Kier alpha value is -0.850. The summed E-state index contributed by atoms with van der Waals surface area (Å²) in [4.78, 5) is 6.75. The van der Waals surface area contributed by atoms with Gasteiger partial charge in [0.05, 0.1) is 24.9 Å². The van der Waals surface area contributed by atoms with Crippen molar-refractivity contribution in [2.75, 3.05) is 39.9 Å². The maximum Gasteiger partial charge on any atom is 0.193 e. The van der Waals surface area contributed by atoms with Crippen LogP contribution in [0.1, 0.15) is 51.4 Å². The molecule has 2 saturated heterocycles. The number of hydrogen-bond acceptors (Lipinski definition) is 4. The molecule has 3 unspecified atom stereocenters. The molecule has 0 aromatic rings. The van der Waals surface area contributed by atoms with Crippen molar-refractivity contribution in [1.29, 1.82) is 0 Å². The predicted molar refractivity (Wildman–Crippen MR) is 98.8 cm³/mol. The van der Waals surface area contributed by atoms with Crippen molar-refractivity contribution in [3.05, 3.63) is 0 Å². The average Bonchev–Trinajstić information content (AvgIpc) is 3.07. The highest BCUT2D eigenvalue weighted by Crippen LogP contribution is 2.25. The minimum atomic E-state index is -0.147. The van der Waals surface area contributed by atoms with Gasteiger partial charge in [0.25, 0.3) is 0 Å². The summed E-state index contributed by atoms with van der Waals surface area (Å²) in [6.45, 7) is 4.41. The summed E-state index contributed by atoms with van der Waals surface area (Å²) in [5.74, 6) is 1.33. The zero-order valence-corrected chi connectivity index (χ0v) is 15.7. The molecule has 0 amide bonds. The first-order chi connectivity index (χ1) is 12.3. The number of piperidine rings is 1. The van der Waals surface area contributed by atoms with Crippen LogP contribution in [0.3, 0.4) is 0 Å². The summed E-state index contributed by atoms with van der Waals surface area (Å²) in [5, 5.41) is 13.4. The molecule has 0 bridgehead atoms. The van der Waals surface area contributed by atoms with Crippen molar-refractivity contribution in [3.8, 4) is 0 Å². The largest absolute Gasteiger partial charge is 0.393 e. The second-order valence-corrected chi connectivity index (χ2v) is 7.69. The van der Waals surface area contributed by atoms with Crippen LogP contribution in [0.2, 0.25) is 0 Å². The van der Waals surface area contributed by atoms with Gasteiger partial charge in [0.15, 0.2) is 5.96 Å². The van der Waals surface area contributed by atoms with Gasteiger partial charge in [0.1, 0.15) is 0 Å². The molecule has 6 heteroatoms. The van der Waals surface area contributed by atoms with Crippen LogP contribution in [0.15, 0.2) is 4.99 Å². The van der Waals surface area contributed by atoms with Gasteiger partial charge >= 0.3 is 0 Å².